The Morgan fingerprint density at radius 3 is 2.88 bits per heavy atom. The van der Waals surface area contributed by atoms with E-state index < -0.39 is 32.1 Å². The number of nitrogens with zero attached hydrogens (tertiary/aromatic N) is 4. The van der Waals surface area contributed by atoms with Crippen LogP contribution in [0.5, 0.6) is 0 Å². The van der Waals surface area contributed by atoms with Gasteiger partial charge in [0.25, 0.3) is 0 Å². The second-order valence-corrected chi connectivity index (χ2v) is 6.53. The molecule has 0 saturated carbocycles. The third-order valence-electron chi connectivity index (χ3n) is 3.48. The minimum absolute atomic E-state index is 0. The van der Waals surface area contributed by atoms with Crippen LogP contribution in [0.2, 0.25) is 0 Å². The van der Waals surface area contributed by atoms with E-state index in [0.717, 1.165) is 6.08 Å². The molecule has 3 heterocycles. The van der Waals surface area contributed by atoms with Crippen LogP contribution < -0.4 is 40.2 Å². The first kappa shape index (κ1) is 19.4. The minimum atomic E-state index is -4.73. The predicted molar refractivity (Wildman–Crippen MR) is 74.6 cm³/mol. The van der Waals surface area contributed by atoms with Gasteiger partial charge in [0.1, 0.15) is 23.5 Å². The number of nitrogens with two attached hydrogens (primary N) is 1. The van der Waals surface area contributed by atoms with Crippen LogP contribution in [0, 0.1) is 0 Å². The molecule has 5 N–H and O–H groups in total. The Morgan fingerprint density at radius 1 is 1.50 bits per heavy atom. The summed E-state index contributed by atoms with van der Waals surface area (Å²) in [5.41, 5.74) is 4.25. The summed E-state index contributed by atoms with van der Waals surface area (Å²) in [6.45, 7) is -0.393. The maximum atomic E-state index is 10.8. The van der Waals surface area contributed by atoms with Crippen molar-refractivity contribution in [2.45, 2.75) is 17.9 Å². The Kier molecular flexibility index (Phi) is 5.50. The van der Waals surface area contributed by atoms with Gasteiger partial charge in [-0.05, 0) is 11.9 Å². The maximum absolute atomic E-state index is 10.8. The number of ether oxygens (including phenoxy) is 1. The molecule has 124 valence electrons. The van der Waals surface area contributed by atoms with Crippen molar-refractivity contribution in [1.29, 1.82) is 0 Å². The molecule has 1 unspecified atom stereocenters. The smallest absolute Gasteiger partial charge is 0.776 e. The maximum Gasteiger partial charge on any atom is 1.00 e. The number of hydrogen-bond donors (Lipinski definition) is 4. The van der Waals surface area contributed by atoms with E-state index in [1.807, 2.05) is 0 Å². The Labute approximate surface area is 157 Å². The first-order chi connectivity index (χ1) is 10.7. The third-order valence-corrected chi connectivity index (χ3v) is 4.01. The topological polar surface area (TPSA) is 180 Å². The Bertz CT molecular complexity index is 824. The quantitative estimate of drug-likeness (QED) is 0.304. The van der Waals surface area contributed by atoms with Gasteiger partial charge in [-0.25, -0.2) is 15.0 Å². The molecule has 0 amide bonds. The van der Waals surface area contributed by atoms with Crippen LogP contribution >= 0.6 is 7.60 Å². The predicted octanol–water partition coefficient (Wildman–Crippen LogP) is -4.91. The van der Waals surface area contributed by atoms with Crippen molar-refractivity contribution in [2.75, 3.05) is 12.3 Å². The van der Waals surface area contributed by atoms with Crippen LogP contribution in [0.15, 0.2) is 24.5 Å². The number of anilines is 1. The molecule has 1 fully saturated rings. The van der Waals surface area contributed by atoms with Crippen molar-refractivity contribution in [2.24, 2.45) is 0 Å². The van der Waals surface area contributed by atoms with Crippen LogP contribution in [0.1, 0.15) is 6.23 Å². The average molecular weight is 365 g/mol. The molecule has 13 heteroatoms. The van der Waals surface area contributed by atoms with E-state index in [2.05, 4.69) is 15.0 Å². The number of fused-ring (bicyclic) bond motifs is 1. The van der Waals surface area contributed by atoms with Crippen LogP contribution in [-0.4, -0.2) is 52.9 Å². The van der Waals surface area contributed by atoms with Crippen molar-refractivity contribution in [3.63, 3.8) is 0 Å². The van der Waals surface area contributed by atoms with Crippen LogP contribution in [0.25, 0.3) is 11.2 Å². The fraction of sp³-hybridized carbons (Fsp3) is 0.364. The summed E-state index contributed by atoms with van der Waals surface area (Å²) < 4.78 is 17.5. The van der Waals surface area contributed by atoms with Gasteiger partial charge < -0.3 is 35.0 Å². The van der Waals surface area contributed by atoms with E-state index in [1.54, 1.807) is 0 Å². The monoisotopic (exact) mass is 365 g/mol. The molecule has 0 bridgehead atoms. The fourth-order valence-electron chi connectivity index (χ4n) is 2.30. The van der Waals surface area contributed by atoms with Gasteiger partial charge in [-0.1, -0.05) is 0 Å². The van der Waals surface area contributed by atoms with E-state index in [9.17, 15) is 19.7 Å². The molecule has 0 spiro atoms. The normalized spacial score (nSPS) is 29.7. The van der Waals surface area contributed by atoms with Gasteiger partial charge in [0.15, 0.2) is 25.3 Å². The fourth-order valence-corrected chi connectivity index (χ4v) is 2.75. The zero-order valence-electron chi connectivity index (χ0n) is 12.6. The van der Waals surface area contributed by atoms with Gasteiger partial charge in [-0.3, -0.25) is 4.57 Å². The SMILES string of the molecule is Nc1ncnc2c1ncn2[C@@H]1OC[C@](O)(/C=C/P(=O)([O-])O)[C@H]1O.[Na+]. The van der Waals surface area contributed by atoms with E-state index in [4.69, 9.17) is 15.4 Å². The van der Waals surface area contributed by atoms with Crippen molar-refractivity contribution in [3.8, 4) is 0 Å². The molecule has 0 aromatic carbocycles. The molecular formula is C11H13N5NaO6P. The number of nitrogen functional groups attached to an aromatic ring is 1. The Balaban J connectivity index is 0.00000208. The number of aliphatic hydroxyl groups is 2. The van der Waals surface area contributed by atoms with Crippen LogP contribution in [-0.2, 0) is 9.30 Å². The van der Waals surface area contributed by atoms with E-state index in [1.165, 1.54) is 17.2 Å². The van der Waals surface area contributed by atoms with E-state index >= 15 is 0 Å². The number of hydrogen-bond acceptors (Lipinski definition) is 9. The molecular weight excluding hydrogens is 352 g/mol. The molecule has 0 radical (unpaired) electrons. The van der Waals surface area contributed by atoms with Gasteiger partial charge in [0.05, 0.1) is 12.9 Å². The summed E-state index contributed by atoms with van der Waals surface area (Å²) in [4.78, 5) is 31.3. The first-order valence-electron chi connectivity index (χ1n) is 6.40. The van der Waals surface area contributed by atoms with Crippen LogP contribution in [0.3, 0.4) is 0 Å². The molecule has 1 aliphatic rings. The zero-order valence-corrected chi connectivity index (χ0v) is 15.4. The van der Waals surface area contributed by atoms with Crippen LogP contribution in [0.4, 0.5) is 5.82 Å². The van der Waals surface area contributed by atoms with Gasteiger partial charge in [0, 0.05) is 0 Å². The summed E-state index contributed by atoms with van der Waals surface area (Å²) in [7, 11) is -4.73. The second-order valence-electron chi connectivity index (χ2n) is 5.10. The standard InChI is InChI=1S/C11H14N5O6P.Na/c12-8-6-9(14-4-13-8)16(5-15-6)10-7(17)11(18,3-22-10)1-2-23(19,20)21;/h1-2,4-5,7,10,17-18H,3H2,(H2,12,13,14)(H2,19,20,21);/q;+1/p-1/b2-1+;/t7-,10+,11+;/m0./s1. The molecule has 2 aromatic rings. The number of rotatable bonds is 3. The van der Waals surface area contributed by atoms with E-state index in [0.29, 0.717) is 11.3 Å². The minimum Gasteiger partial charge on any atom is -0.776 e. The summed E-state index contributed by atoms with van der Waals surface area (Å²) in [5.74, 6) is 0.553. The second kappa shape index (κ2) is 6.79. The summed E-state index contributed by atoms with van der Waals surface area (Å²) in [6, 6.07) is 0. The van der Waals surface area contributed by atoms with Gasteiger partial charge in [0.2, 0.25) is 0 Å². The number of imidazole rings is 1. The molecule has 0 aliphatic carbocycles. The first-order valence-corrected chi connectivity index (χ1v) is 8.05. The van der Waals surface area contributed by atoms with Gasteiger partial charge in [-0.2, -0.15) is 0 Å². The largest absolute Gasteiger partial charge is 1.00 e. The molecule has 3 rings (SSSR count). The number of aromatic nitrogens is 4. The number of aliphatic hydroxyl groups excluding tert-OH is 1. The van der Waals surface area contributed by atoms with Gasteiger partial charge >= 0.3 is 29.6 Å². The average Bonchev–Trinajstić information content (AvgIpc) is 3.01. The summed E-state index contributed by atoms with van der Waals surface area (Å²) >= 11 is 0. The molecule has 2 aromatic heterocycles. The van der Waals surface area contributed by atoms with Crippen molar-refractivity contribution in [1.82, 2.24) is 19.5 Å². The van der Waals surface area contributed by atoms with Gasteiger partial charge in [-0.15, -0.1) is 0 Å². The molecule has 1 aliphatic heterocycles. The van der Waals surface area contributed by atoms with Crippen molar-refractivity contribution < 1.29 is 58.9 Å². The van der Waals surface area contributed by atoms with E-state index in [-0.39, 0.29) is 41.0 Å². The molecule has 4 atom stereocenters. The molecule has 11 nitrogen and oxygen atoms in total. The summed E-state index contributed by atoms with van der Waals surface area (Å²) in [6.07, 6.45) is 0.688. The summed E-state index contributed by atoms with van der Waals surface area (Å²) in [5, 5.41) is 20.6. The van der Waals surface area contributed by atoms with Crippen molar-refractivity contribution in [3.05, 3.63) is 24.5 Å². The van der Waals surface area contributed by atoms with Crippen molar-refractivity contribution >= 4 is 24.6 Å². The third kappa shape index (κ3) is 3.54. The molecule has 24 heavy (non-hydrogen) atoms. The molecule has 1 saturated heterocycles. The Morgan fingerprint density at radius 2 is 2.21 bits per heavy atom. The Hall–Kier alpha value is -0.880. The zero-order chi connectivity index (χ0) is 16.8.